The number of amidine groups is 1. The van der Waals surface area contributed by atoms with Crippen molar-refractivity contribution in [2.75, 3.05) is 6.54 Å². The average Bonchev–Trinajstić information content (AvgIpc) is 2.99. The van der Waals surface area contributed by atoms with E-state index in [4.69, 9.17) is 20.0 Å². The zero-order chi connectivity index (χ0) is 30.8. The van der Waals surface area contributed by atoms with Gasteiger partial charge in [-0.15, -0.1) is 0 Å². The molecule has 222 valence electrons. The molecule has 0 atom stereocenters. The highest BCUT2D eigenvalue weighted by molar-refractivity contribution is 7.89. The number of unbranched alkanes of at least 4 members (excludes halogenated alkanes) is 1. The topological polar surface area (TPSA) is 152 Å². The molecule has 4 rings (SSSR count). The molecule has 4 N–H and O–H groups in total. The van der Waals surface area contributed by atoms with Crippen molar-refractivity contribution in [1.82, 2.24) is 10.2 Å². The number of sulfonamides is 1. The third kappa shape index (κ3) is 8.74. The van der Waals surface area contributed by atoms with Crippen molar-refractivity contribution in [1.29, 1.82) is 5.41 Å². The quantitative estimate of drug-likeness (QED) is 0.152. The van der Waals surface area contributed by atoms with Gasteiger partial charge in [0, 0.05) is 24.2 Å². The van der Waals surface area contributed by atoms with Crippen LogP contribution in [-0.2, 0) is 16.6 Å². The summed E-state index contributed by atoms with van der Waals surface area (Å²) < 4.78 is 34.8. The fraction of sp³-hybridized carbons (Fsp3) is 0.156. The Morgan fingerprint density at radius 1 is 0.860 bits per heavy atom. The second kappa shape index (κ2) is 14.3. The lowest BCUT2D eigenvalue weighted by atomic mass is 10.1. The van der Waals surface area contributed by atoms with Crippen LogP contribution in [0.25, 0.3) is 11.1 Å². The minimum absolute atomic E-state index is 0.00378. The minimum atomic E-state index is -3.92. The van der Waals surface area contributed by atoms with Crippen LogP contribution in [0.15, 0.2) is 108 Å². The van der Waals surface area contributed by atoms with Gasteiger partial charge in [-0.05, 0) is 53.9 Å². The smallest absolute Gasteiger partial charge is 0.410 e. The molecule has 4 aromatic rings. The number of amides is 2. The van der Waals surface area contributed by atoms with E-state index in [1.807, 2.05) is 13.0 Å². The van der Waals surface area contributed by atoms with Crippen molar-refractivity contribution >= 4 is 28.0 Å². The molecule has 0 aliphatic heterocycles. The van der Waals surface area contributed by atoms with Crippen molar-refractivity contribution in [2.45, 2.75) is 31.2 Å². The first kappa shape index (κ1) is 30.9. The summed E-state index contributed by atoms with van der Waals surface area (Å²) in [4.78, 5) is 27.0. The average molecular weight is 601 g/mol. The molecule has 0 aliphatic rings. The summed E-state index contributed by atoms with van der Waals surface area (Å²) in [6.07, 6.45) is 0.269. The van der Waals surface area contributed by atoms with Gasteiger partial charge in [0.1, 0.15) is 17.3 Å². The molecule has 0 aliphatic carbocycles. The first-order valence-electron chi connectivity index (χ1n) is 13.5. The van der Waals surface area contributed by atoms with Crippen LogP contribution in [-0.4, -0.2) is 37.9 Å². The van der Waals surface area contributed by atoms with Gasteiger partial charge in [-0.2, -0.15) is 0 Å². The largest absolute Gasteiger partial charge is 0.418 e. The first-order chi connectivity index (χ1) is 20.6. The van der Waals surface area contributed by atoms with Crippen molar-refractivity contribution in [3.63, 3.8) is 0 Å². The predicted octanol–water partition coefficient (Wildman–Crippen LogP) is 5.92. The van der Waals surface area contributed by atoms with E-state index in [0.717, 1.165) is 18.4 Å². The van der Waals surface area contributed by atoms with E-state index in [0.29, 0.717) is 34.7 Å². The Morgan fingerprint density at radius 2 is 1.53 bits per heavy atom. The number of nitrogens with two attached hydrogens (primary N) is 1. The molecule has 0 unspecified atom stereocenters. The molecule has 0 saturated heterocycles. The lowest BCUT2D eigenvalue weighted by Crippen LogP contribution is -2.34. The van der Waals surface area contributed by atoms with Crippen LogP contribution in [0.3, 0.4) is 0 Å². The zero-order valence-corrected chi connectivity index (χ0v) is 24.3. The van der Waals surface area contributed by atoms with Gasteiger partial charge in [-0.1, -0.05) is 80.1 Å². The normalized spacial score (nSPS) is 10.9. The second-order valence-electron chi connectivity index (χ2n) is 9.61. The maximum atomic E-state index is 13.2. The highest BCUT2D eigenvalue weighted by atomic mass is 32.2. The van der Waals surface area contributed by atoms with Crippen LogP contribution < -0.4 is 19.9 Å². The van der Waals surface area contributed by atoms with Gasteiger partial charge in [0.25, 0.3) is 0 Å². The summed E-state index contributed by atoms with van der Waals surface area (Å²) in [6.45, 7) is 2.68. The molecule has 2 amide bonds. The predicted molar refractivity (Wildman–Crippen MR) is 163 cm³/mol. The Morgan fingerprint density at radius 3 is 2.23 bits per heavy atom. The summed E-state index contributed by atoms with van der Waals surface area (Å²) in [5.74, 6) is 0.504. The lowest BCUT2D eigenvalue weighted by Gasteiger charge is -2.22. The van der Waals surface area contributed by atoms with E-state index in [9.17, 15) is 18.0 Å². The maximum absolute atomic E-state index is 13.2. The third-order valence-corrected chi connectivity index (χ3v) is 7.34. The van der Waals surface area contributed by atoms with Gasteiger partial charge < -0.3 is 14.4 Å². The fourth-order valence-electron chi connectivity index (χ4n) is 4.25. The van der Waals surface area contributed by atoms with Gasteiger partial charge >= 0.3 is 12.2 Å². The number of carbonyl (C=O) groups is 2. The number of benzene rings is 4. The number of hydrogen-bond donors (Lipinski definition) is 3. The van der Waals surface area contributed by atoms with Crippen LogP contribution in [0.1, 0.15) is 30.9 Å². The van der Waals surface area contributed by atoms with Gasteiger partial charge in [-0.3, -0.25) is 10.7 Å². The summed E-state index contributed by atoms with van der Waals surface area (Å²) in [5.41, 5.74) is 2.23. The van der Waals surface area contributed by atoms with E-state index in [1.54, 1.807) is 95.9 Å². The van der Waals surface area contributed by atoms with E-state index < -0.39 is 22.2 Å². The molecular weight excluding hydrogens is 568 g/mol. The number of primary sulfonamides is 1. The van der Waals surface area contributed by atoms with Crippen LogP contribution in [0.4, 0.5) is 9.59 Å². The number of ether oxygens (including phenoxy) is 2. The Bertz CT molecular complexity index is 1690. The lowest BCUT2D eigenvalue weighted by molar-refractivity contribution is 0.148. The Kier molecular flexibility index (Phi) is 10.3. The molecule has 0 radical (unpaired) electrons. The van der Waals surface area contributed by atoms with E-state index in [1.165, 1.54) is 6.07 Å². The van der Waals surface area contributed by atoms with Crippen LogP contribution in [0, 0.1) is 5.41 Å². The van der Waals surface area contributed by atoms with Gasteiger partial charge in [0.15, 0.2) is 0 Å². The van der Waals surface area contributed by atoms with Gasteiger partial charge in [0.05, 0.1) is 4.90 Å². The molecule has 0 bridgehead atoms. The molecule has 10 nitrogen and oxygen atoms in total. The van der Waals surface area contributed by atoms with Crippen LogP contribution in [0.5, 0.6) is 11.5 Å². The van der Waals surface area contributed by atoms with Crippen molar-refractivity contribution in [2.24, 2.45) is 5.14 Å². The molecule has 0 aromatic heterocycles. The number of carbonyl (C=O) groups excluding carboxylic acids is 2. The number of para-hydroxylation sites is 1. The number of hydrogen-bond acceptors (Lipinski definition) is 7. The molecule has 0 fully saturated rings. The van der Waals surface area contributed by atoms with Crippen molar-refractivity contribution < 1.29 is 27.5 Å². The van der Waals surface area contributed by atoms with Crippen molar-refractivity contribution in [3.8, 4) is 22.6 Å². The Hall–Kier alpha value is -5.00. The second-order valence-corrected chi connectivity index (χ2v) is 11.1. The SMILES string of the molecule is CCCCN(Cc1cccc(C(=N)NC(=O)Oc2ccccc2)c1)C(=O)Oc1ccc(-c2ccccc2S(N)(=O)=O)cc1. The Labute approximate surface area is 250 Å². The molecule has 0 heterocycles. The monoisotopic (exact) mass is 600 g/mol. The van der Waals surface area contributed by atoms with E-state index in [2.05, 4.69) is 5.32 Å². The highest BCUT2D eigenvalue weighted by Crippen LogP contribution is 2.28. The Balaban J connectivity index is 1.43. The van der Waals surface area contributed by atoms with E-state index in [-0.39, 0.29) is 17.3 Å². The maximum Gasteiger partial charge on any atom is 0.418 e. The number of rotatable bonds is 10. The van der Waals surface area contributed by atoms with Gasteiger partial charge in [0.2, 0.25) is 10.0 Å². The molecule has 4 aromatic carbocycles. The molecular formula is C32H32N4O6S. The molecule has 0 saturated carbocycles. The summed E-state index contributed by atoms with van der Waals surface area (Å²) >= 11 is 0. The summed E-state index contributed by atoms with van der Waals surface area (Å²) in [5, 5.41) is 16.1. The first-order valence-corrected chi connectivity index (χ1v) is 15.1. The standard InChI is InChI=1S/C32H32N4O6S/c1-2-3-20-36(22-23-10-9-11-25(21-23)30(33)35-31(37)41-26-12-5-4-6-13-26)32(38)42-27-18-16-24(17-19-27)28-14-7-8-15-29(28)43(34,39)40/h4-19,21H,2-3,20,22H2,1H3,(H2,33,35,37)(H2,34,39,40). The van der Waals surface area contributed by atoms with E-state index >= 15 is 0 Å². The van der Waals surface area contributed by atoms with Crippen LogP contribution in [0.2, 0.25) is 0 Å². The molecule has 43 heavy (non-hydrogen) atoms. The zero-order valence-electron chi connectivity index (χ0n) is 23.5. The fourth-order valence-corrected chi connectivity index (χ4v) is 5.01. The summed E-state index contributed by atoms with van der Waals surface area (Å²) in [6, 6.07) is 28.4. The number of nitrogens with zero attached hydrogens (tertiary/aromatic N) is 1. The minimum Gasteiger partial charge on any atom is -0.410 e. The van der Waals surface area contributed by atoms with Crippen LogP contribution >= 0.6 is 0 Å². The third-order valence-electron chi connectivity index (χ3n) is 6.37. The number of nitrogens with one attached hydrogen (secondary N) is 2. The molecule has 0 spiro atoms. The highest BCUT2D eigenvalue weighted by Gasteiger charge is 2.18. The summed E-state index contributed by atoms with van der Waals surface area (Å²) in [7, 11) is -3.92. The van der Waals surface area contributed by atoms with Crippen molar-refractivity contribution in [3.05, 3.63) is 114 Å². The molecule has 11 heteroatoms. The van der Waals surface area contributed by atoms with Gasteiger partial charge in [-0.25, -0.2) is 23.1 Å².